The lowest BCUT2D eigenvalue weighted by molar-refractivity contribution is -0.137. The Morgan fingerprint density at radius 1 is 1.16 bits per heavy atom. The zero-order valence-corrected chi connectivity index (χ0v) is 17.2. The molecule has 4 unspecified atom stereocenters. The second kappa shape index (κ2) is 7.61. The minimum atomic E-state index is -4.60. The Bertz CT molecular complexity index is 1190. The van der Waals surface area contributed by atoms with Crippen LogP contribution in [-0.2, 0) is 21.0 Å². The van der Waals surface area contributed by atoms with Crippen LogP contribution in [0.5, 0.6) is 5.75 Å². The lowest BCUT2D eigenvalue weighted by Crippen LogP contribution is -2.43. The number of benzene rings is 2. The summed E-state index contributed by atoms with van der Waals surface area (Å²) in [6.45, 7) is 3.53. The molecule has 1 aliphatic carbocycles. The molecule has 1 heterocycles. The highest BCUT2D eigenvalue weighted by molar-refractivity contribution is 7.89. The van der Waals surface area contributed by atoms with Crippen LogP contribution in [0.1, 0.15) is 29.0 Å². The van der Waals surface area contributed by atoms with Gasteiger partial charge in [0.05, 0.1) is 28.2 Å². The zero-order chi connectivity index (χ0) is 23.4. The van der Waals surface area contributed by atoms with E-state index in [2.05, 4.69) is 11.3 Å². The number of sulfonamides is 1. The molecule has 4 atom stereocenters. The number of nitrogens with one attached hydrogen (secondary N) is 1. The van der Waals surface area contributed by atoms with Crippen LogP contribution in [0.2, 0.25) is 0 Å². The van der Waals surface area contributed by atoms with Crippen LogP contribution < -0.4 is 9.46 Å². The van der Waals surface area contributed by atoms with Crippen molar-refractivity contribution in [2.45, 2.75) is 41.7 Å². The first-order chi connectivity index (χ1) is 14.9. The first-order valence-electron chi connectivity index (χ1n) is 9.50. The predicted octanol–water partition coefficient (Wildman–Crippen LogP) is 2.76. The first kappa shape index (κ1) is 22.3. The van der Waals surface area contributed by atoms with Crippen LogP contribution in [0, 0.1) is 0 Å². The molecule has 1 fully saturated rings. The molecule has 11 heteroatoms. The third kappa shape index (κ3) is 3.76. The number of rotatable bonds is 5. The van der Waals surface area contributed by atoms with Crippen molar-refractivity contribution >= 4 is 21.6 Å². The molecule has 0 saturated heterocycles. The van der Waals surface area contributed by atoms with Crippen molar-refractivity contribution in [3.05, 3.63) is 65.7 Å². The minimum Gasteiger partial charge on any atom is -0.489 e. The third-order valence-corrected chi connectivity index (χ3v) is 7.19. The van der Waals surface area contributed by atoms with Gasteiger partial charge in [0.1, 0.15) is 11.9 Å². The van der Waals surface area contributed by atoms with Gasteiger partial charge in [-0.25, -0.2) is 17.9 Å². The van der Waals surface area contributed by atoms with E-state index in [1.54, 1.807) is 12.1 Å². The molecule has 7 nitrogen and oxygen atoms in total. The normalized spacial score (nSPS) is 24.5. The van der Waals surface area contributed by atoms with Crippen molar-refractivity contribution < 1.29 is 41.3 Å². The fourth-order valence-corrected chi connectivity index (χ4v) is 5.48. The van der Waals surface area contributed by atoms with E-state index in [4.69, 9.17) is 4.74 Å². The molecule has 0 radical (unpaired) electrons. The van der Waals surface area contributed by atoms with E-state index in [9.17, 15) is 36.6 Å². The number of para-hydroxylation sites is 1. The summed E-state index contributed by atoms with van der Waals surface area (Å²) >= 11 is 0. The summed E-state index contributed by atoms with van der Waals surface area (Å²) in [4.78, 5) is 11.0. The molecule has 0 amide bonds. The fraction of sp³-hybridized carbons (Fsp3) is 0.286. The molecule has 32 heavy (non-hydrogen) atoms. The van der Waals surface area contributed by atoms with Crippen LogP contribution >= 0.6 is 0 Å². The Kier molecular flexibility index (Phi) is 5.30. The third-order valence-electron chi connectivity index (χ3n) is 5.72. The topological polar surface area (TPSA) is 113 Å². The van der Waals surface area contributed by atoms with Gasteiger partial charge in [0.15, 0.2) is 0 Å². The van der Waals surface area contributed by atoms with Crippen LogP contribution in [0.15, 0.2) is 53.9 Å². The van der Waals surface area contributed by atoms with Gasteiger partial charge in [-0.15, -0.1) is 0 Å². The Morgan fingerprint density at radius 2 is 1.81 bits per heavy atom. The van der Waals surface area contributed by atoms with Crippen LogP contribution in [0.4, 0.5) is 13.2 Å². The molecular weight excluding hydrogens is 451 g/mol. The van der Waals surface area contributed by atoms with Gasteiger partial charge in [0.2, 0.25) is 10.0 Å². The highest BCUT2D eigenvalue weighted by Crippen LogP contribution is 2.50. The summed E-state index contributed by atoms with van der Waals surface area (Å²) in [5.41, 5.74) is -0.402. The zero-order valence-electron chi connectivity index (χ0n) is 16.3. The molecule has 2 aromatic rings. The number of carbonyl (C=O) groups is 1. The largest absolute Gasteiger partial charge is 0.489 e. The number of aliphatic hydroxyl groups excluding tert-OH is 1. The smallest absolute Gasteiger partial charge is 0.416 e. The Hall–Kier alpha value is -2.89. The van der Waals surface area contributed by atoms with Crippen LogP contribution in [0.25, 0.3) is 5.57 Å². The molecule has 4 rings (SSSR count). The lowest BCUT2D eigenvalue weighted by Gasteiger charge is -2.22. The van der Waals surface area contributed by atoms with Gasteiger partial charge < -0.3 is 14.9 Å². The van der Waals surface area contributed by atoms with Gasteiger partial charge >= 0.3 is 12.1 Å². The van der Waals surface area contributed by atoms with E-state index in [0.29, 0.717) is 17.7 Å². The molecule has 2 aliphatic rings. The maximum atomic E-state index is 12.8. The SMILES string of the molecule is C=C(C(=O)O)c1cccc2c1OC1CC(O)C(NS(=O)(=O)c3ccc(C(F)(F)F)cc3)C21. The van der Waals surface area contributed by atoms with Crippen molar-refractivity contribution in [3.8, 4) is 5.75 Å². The molecular formula is C21H18F3NO6S. The van der Waals surface area contributed by atoms with Crippen LogP contribution in [0.3, 0.4) is 0 Å². The van der Waals surface area contributed by atoms with E-state index in [-0.39, 0.29) is 28.2 Å². The Balaban J connectivity index is 1.65. The van der Waals surface area contributed by atoms with E-state index in [0.717, 1.165) is 12.1 Å². The van der Waals surface area contributed by atoms with Crippen LogP contribution in [-0.4, -0.2) is 42.8 Å². The number of carboxylic acid groups (broad SMARTS) is 1. The van der Waals surface area contributed by atoms with E-state index in [1.165, 1.54) is 6.07 Å². The van der Waals surface area contributed by atoms with Crippen molar-refractivity contribution in [2.75, 3.05) is 0 Å². The molecule has 0 bridgehead atoms. The van der Waals surface area contributed by atoms with E-state index >= 15 is 0 Å². The average Bonchev–Trinajstić information content (AvgIpc) is 3.22. The lowest BCUT2D eigenvalue weighted by atomic mass is 9.91. The molecule has 0 spiro atoms. The highest BCUT2D eigenvalue weighted by Gasteiger charge is 2.51. The Labute approximate surface area is 181 Å². The number of aliphatic carboxylic acids is 1. The number of halogens is 3. The Morgan fingerprint density at radius 3 is 2.41 bits per heavy atom. The van der Waals surface area contributed by atoms with E-state index in [1.807, 2.05) is 0 Å². The number of ether oxygens (including phenoxy) is 1. The number of hydrogen-bond acceptors (Lipinski definition) is 5. The second-order valence-electron chi connectivity index (χ2n) is 7.66. The maximum absolute atomic E-state index is 12.8. The molecule has 0 aromatic heterocycles. The number of aliphatic hydroxyl groups is 1. The summed E-state index contributed by atoms with van der Waals surface area (Å²) in [6, 6.07) is 6.75. The number of fused-ring (bicyclic) bond motifs is 3. The summed E-state index contributed by atoms with van der Waals surface area (Å²) in [5, 5.41) is 19.7. The van der Waals surface area contributed by atoms with Crippen molar-refractivity contribution in [2.24, 2.45) is 0 Å². The summed E-state index contributed by atoms with van der Waals surface area (Å²) in [6.07, 6.45) is -6.25. The quantitative estimate of drug-likeness (QED) is 0.581. The molecule has 2 aromatic carbocycles. The fourth-order valence-electron chi connectivity index (χ4n) is 4.19. The highest BCUT2D eigenvalue weighted by atomic mass is 32.2. The average molecular weight is 469 g/mol. The second-order valence-corrected chi connectivity index (χ2v) is 9.38. The van der Waals surface area contributed by atoms with E-state index < -0.39 is 51.9 Å². The van der Waals surface area contributed by atoms with Gasteiger partial charge in [0.25, 0.3) is 0 Å². The molecule has 1 saturated carbocycles. The van der Waals surface area contributed by atoms with Crippen molar-refractivity contribution in [1.82, 2.24) is 4.72 Å². The maximum Gasteiger partial charge on any atom is 0.416 e. The van der Waals surface area contributed by atoms with Gasteiger partial charge in [-0.05, 0) is 24.3 Å². The predicted molar refractivity (Wildman–Crippen MR) is 106 cm³/mol. The van der Waals surface area contributed by atoms with Gasteiger partial charge in [-0.1, -0.05) is 24.8 Å². The van der Waals surface area contributed by atoms with Gasteiger partial charge in [-0.3, -0.25) is 0 Å². The number of hydrogen-bond donors (Lipinski definition) is 3. The minimum absolute atomic E-state index is 0.0819. The number of alkyl halides is 3. The van der Waals surface area contributed by atoms with Crippen molar-refractivity contribution in [3.63, 3.8) is 0 Å². The molecule has 170 valence electrons. The van der Waals surface area contributed by atoms with Crippen molar-refractivity contribution in [1.29, 1.82) is 0 Å². The first-order valence-corrected chi connectivity index (χ1v) is 11.0. The van der Waals surface area contributed by atoms with Gasteiger partial charge in [0, 0.05) is 23.5 Å². The molecule has 3 N–H and O–H groups in total. The summed E-state index contributed by atoms with van der Waals surface area (Å²) < 4.78 is 72.2. The standard InChI is InChI=1S/C21H18F3NO6S/c1-10(20(27)28)13-3-2-4-14-17-16(31-19(13)14)9-15(26)18(17)25-32(29,30)12-7-5-11(6-8-12)21(22,23)24/h2-8,15-18,25-26H,1,9H2,(H,27,28). The monoisotopic (exact) mass is 469 g/mol. The number of carboxylic acids is 1. The summed E-state index contributed by atoms with van der Waals surface area (Å²) in [7, 11) is -4.26. The van der Waals surface area contributed by atoms with Gasteiger partial charge in [-0.2, -0.15) is 13.2 Å². The summed E-state index contributed by atoms with van der Waals surface area (Å²) in [5.74, 6) is -1.59. The molecule has 1 aliphatic heterocycles.